The van der Waals surface area contributed by atoms with E-state index in [1.807, 2.05) is 24.8 Å². The Labute approximate surface area is 171 Å². The molecule has 1 spiro atoms. The Hall–Kier alpha value is -2.54. The summed E-state index contributed by atoms with van der Waals surface area (Å²) in [7, 11) is 3.19. The Bertz CT molecular complexity index is 890. The normalized spacial score (nSPS) is 21.9. The number of ether oxygens (including phenoxy) is 2. The van der Waals surface area contributed by atoms with Crippen molar-refractivity contribution in [1.82, 2.24) is 15.0 Å². The van der Waals surface area contributed by atoms with E-state index in [2.05, 4.69) is 10.1 Å². The highest BCUT2D eigenvalue weighted by Crippen LogP contribution is 2.41. The summed E-state index contributed by atoms with van der Waals surface area (Å²) in [6.07, 6.45) is 3.21. The van der Waals surface area contributed by atoms with E-state index in [-0.39, 0.29) is 11.4 Å². The van der Waals surface area contributed by atoms with Gasteiger partial charge in [-0.1, -0.05) is 5.16 Å². The number of hydrogen-bond donors (Lipinski definition) is 0. The third kappa shape index (κ3) is 3.48. The van der Waals surface area contributed by atoms with Crippen LogP contribution in [0.4, 0.5) is 0 Å². The molecule has 2 fully saturated rings. The van der Waals surface area contributed by atoms with Crippen LogP contribution < -0.4 is 9.47 Å². The SMILES string of the molecule is COc1ccc(OC)c(C(=O)N2CCC[C@]3(CCN3Cc3c(C)noc3C)C2)c1. The monoisotopic (exact) mass is 399 g/mol. The molecule has 7 heteroatoms. The van der Waals surface area contributed by atoms with Crippen molar-refractivity contribution in [2.75, 3.05) is 33.9 Å². The van der Waals surface area contributed by atoms with Crippen molar-refractivity contribution in [1.29, 1.82) is 0 Å². The van der Waals surface area contributed by atoms with Crippen LogP contribution in [0.5, 0.6) is 11.5 Å². The minimum absolute atomic E-state index is 0.00372. The van der Waals surface area contributed by atoms with Crippen molar-refractivity contribution < 1.29 is 18.8 Å². The Morgan fingerprint density at radius 1 is 1.21 bits per heavy atom. The third-order valence-electron chi connectivity index (χ3n) is 6.53. The van der Waals surface area contributed by atoms with Crippen LogP contribution in [0.15, 0.2) is 22.7 Å². The topological polar surface area (TPSA) is 68.0 Å². The van der Waals surface area contributed by atoms with Crippen molar-refractivity contribution in [2.45, 2.75) is 45.2 Å². The smallest absolute Gasteiger partial charge is 0.257 e. The van der Waals surface area contributed by atoms with E-state index in [0.717, 1.165) is 56.9 Å². The fourth-order valence-corrected chi connectivity index (χ4v) is 4.65. The van der Waals surface area contributed by atoms with Crippen molar-refractivity contribution in [2.24, 2.45) is 0 Å². The summed E-state index contributed by atoms with van der Waals surface area (Å²) in [6, 6.07) is 5.37. The van der Waals surface area contributed by atoms with E-state index in [1.54, 1.807) is 26.4 Å². The summed E-state index contributed by atoms with van der Waals surface area (Å²) >= 11 is 0. The van der Waals surface area contributed by atoms with Gasteiger partial charge in [0.1, 0.15) is 17.3 Å². The van der Waals surface area contributed by atoms with Crippen LogP contribution in [-0.2, 0) is 6.54 Å². The number of nitrogens with zero attached hydrogens (tertiary/aromatic N) is 3. The van der Waals surface area contributed by atoms with E-state index in [0.29, 0.717) is 17.1 Å². The molecule has 4 rings (SSSR count). The van der Waals surface area contributed by atoms with Gasteiger partial charge in [-0.25, -0.2) is 0 Å². The molecule has 1 atom stereocenters. The maximum absolute atomic E-state index is 13.4. The quantitative estimate of drug-likeness (QED) is 0.769. The summed E-state index contributed by atoms with van der Waals surface area (Å²) < 4.78 is 16.1. The van der Waals surface area contributed by atoms with Crippen LogP contribution in [0.1, 0.15) is 46.6 Å². The molecule has 0 bridgehead atoms. The van der Waals surface area contributed by atoms with Gasteiger partial charge in [0.2, 0.25) is 0 Å². The van der Waals surface area contributed by atoms with Gasteiger partial charge in [0.25, 0.3) is 5.91 Å². The number of aromatic nitrogens is 1. The van der Waals surface area contributed by atoms with Gasteiger partial charge in [-0.2, -0.15) is 0 Å². The zero-order chi connectivity index (χ0) is 20.6. The lowest BCUT2D eigenvalue weighted by atomic mass is 9.77. The molecule has 29 heavy (non-hydrogen) atoms. The lowest BCUT2D eigenvalue weighted by Crippen LogP contribution is -2.67. The summed E-state index contributed by atoms with van der Waals surface area (Å²) in [6.45, 7) is 7.31. The molecule has 0 N–H and O–H groups in total. The lowest BCUT2D eigenvalue weighted by Gasteiger charge is -2.57. The first kappa shape index (κ1) is 19.8. The minimum Gasteiger partial charge on any atom is -0.497 e. The first-order valence-corrected chi connectivity index (χ1v) is 10.2. The van der Waals surface area contributed by atoms with Gasteiger partial charge in [0.15, 0.2) is 0 Å². The largest absolute Gasteiger partial charge is 0.497 e. The van der Waals surface area contributed by atoms with E-state index in [4.69, 9.17) is 14.0 Å². The Morgan fingerprint density at radius 2 is 2.03 bits per heavy atom. The highest BCUT2D eigenvalue weighted by atomic mass is 16.5. The molecule has 0 radical (unpaired) electrons. The fraction of sp³-hybridized carbons (Fsp3) is 0.545. The van der Waals surface area contributed by atoms with Gasteiger partial charge < -0.3 is 18.9 Å². The molecule has 0 saturated carbocycles. The summed E-state index contributed by atoms with van der Waals surface area (Å²) in [5.74, 6) is 2.12. The molecular weight excluding hydrogens is 370 g/mol. The zero-order valence-electron chi connectivity index (χ0n) is 17.7. The number of carbonyl (C=O) groups is 1. The van der Waals surface area contributed by atoms with E-state index in [9.17, 15) is 4.79 Å². The fourth-order valence-electron chi connectivity index (χ4n) is 4.65. The number of hydrogen-bond acceptors (Lipinski definition) is 6. The van der Waals surface area contributed by atoms with E-state index >= 15 is 0 Å². The van der Waals surface area contributed by atoms with Crippen LogP contribution in [-0.4, -0.2) is 60.3 Å². The van der Waals surface area contributed by atoms with Gasteiger partial charge in [-0.3, -0.25) is 9.69 Å². The van der Waals surface area contributed by atoms with Crippen molar-refractivity contribution in [3.63, 3.8) is 0 Å². The second-order valence-corrected chi connectivity index (χ2v) is 8.10. The van der Waals surface area contributed by atoms with Crippen LogP contribution in [0, 0.1) is 13.8 Å². The van der Waals surface area contributed by atoms with E-state index < -0.39 is 0 Å². The average Bonchev–Trinajstić information content (AvgIpc) is 3.07. The Morgan fingerprint density at radius 3 is 2.66 bits per heavy atom. The molecule has 1 aromatic carbocycles. The van der Waals surface area contributed by atoms with E-state index in [1.165, 1.54) is 5.56 Å². The van der Waals surface area contributed by atoms with Crippen LogP contribution >= 0.6 is 0 Å². The molecule has 0 unspecified atom stereocenters. The van der Waals surface area contributed by atoms with Gasteiger partial charge in [0.05, 0.1) is 25.5 Å². The van der Waals surface area contributed by atoms with Crippen LogP contribution in [0.2, 0.25) is 0 Å². The van der Waals surface area contributed by atoms with Gasteiger partial charge in [0, 0.05) is 37.3 Å². The second kappa shape index (κ2) is 7.71. The predicted octanol–water partition coefficient (Wildman–Crippen LogP) is 3.19. The molecular formula is C22H29N3O4. The predicted molar refractivity (Wildman–Crippen MR) is 108 cm³/mol. The maximum atomic E-state index is 13.4. The van der Waals surface area contributed by atoms with Crippen molar-refractivity contribution >= 4 is 5.91 Å². The zero-order valence-corrected chi connectivity index (χ0v) is 17.7. The highest BCUT2D eigenvalue weighted by molar-refractivity contribution is 5.97. The number of likely N-dealkylation sites (tertiary alicyclic amines) is 2. The molecule has 7 nitrogen and oxygen atoms in total. The maximum Gasteiger partial charge on any atom is 0.257 e. The lowest BCUT2D eigenvalue weighted by molar-refractivity contribution is -0.0651. The van der Waals surface area contributed by atoms with Gasteiger partial charge in [-0.15, -0.1) is 0 Å². The van der Waals surface area contributed by atoms with Crippen molar-refractivity contribution in [3.05, 3.63) is 40.8 Å². The number of amides is 1. The third-order valence-corrected chi connectivity index (χ3v) is 6.53. The van der Waals surface area contributed by atoms with Crippen LogP contribution in [0.3, 0.4) is 0 Å². The number of aryl methyl sites for hydroxylation is 2. The Balaban J connectivity index is 1.53. The average molecular weight is 399 g/mol. The van der Waals surface area contributed by atoms with Crippen LogP contribution in [0.25, 0.3) is 0 Å². The molecule has 0 aliphatic carbocycles. The first-order valence-electron chi connectivity index (χ1n) is 10.2. The Kier molecular flexibility index (Phi) is 5.25. The number of benzene rings is 1. The summed E-state index contributed by atoms with van der Waals surface area (Å²) in [4.78, 5) is 17.8. The first-order chi connectivity index (χ1) is 14.0. The molecule has 1 aromatic heterocycles. The molecule has 2 saturated heterocycles. The number of carbonyl (C=O) groups excluding carboxylic acids is 1. The molecule has 2 aliphatic rings. The molecule has 3 heterocycles. The number of piperidine rings is 1. The van der Waals surface area contributed by atoms with Gasteiger partial charge >= 0.3 is 0 Å². The second-order valence-electron chi connectivity index (χ2n) is 8.10. The highest BCUT2D eigenvalue weighted by Gasteiger charge is 2.48. The standard InChI is InChI=1S/C22H29N3O4/c1-15-19(16(2)29-23-15)13-25-11-9-22(25)8-5-10-24(14-22)21(26)18-12-17(27-3)6-7-20(18)28-4/h6-7,12H,5,8-11,13-14H2,1-4H3/t22-/m0/s1. The molecule has 2 aliphatic heterocycles. The number of methoxy groups -OCH3 is 2. The molecule has 156 valence electrons. The summed E-state index contributed by atoms with van der Waals surface area (Å²) in [5, 5.41) is 4.09. The summed E-state index contributed by atoms with van der Waals surface area (Å²) in [5.41, 5.74) is 2.72. The van der Waals surface area contributed by atoms with Gasteiger partial charge in [-0.05, 0) is 51.3 Å². The molecule has 2 aromatic rings. The number of rotatable bonds is 5. The van der Waals surface area contributed by atoms with Crippen molar-refractivity contribution in [3.8, 4) is 11.5 Å². The molecule has 1 amide bonds. The minimum atomic E-state index is 0.00372.